The lowest BCUT2D eigenvalue weighted by Crippen LogP contribution is -2.25. The molecule has 9 heteroatoms. The molecule has 0 aliphatic heterocycles. The van der Waals surface area contributed by atoms with Gasteiger partial charge in [-0.05, 0) is 30.5 Å². The summed E-state index contributed by atoms with van der Waals surface area (Å²) in [4.78, 5) is 21.1. The molecule has 0 bridgehead atoms. The number of carbonyl (C=O) groups excluding carboxylic acids is 1. The number of benzene rings is 1. The maximum absolute atomic E-state index is 12.6. The van der Waals surface area contributed by atoms with Crippen LogP contribution in [0.2, 0.25) is 0 Å². The number of nitrogens with one attached hydrogen (secondary N) is 2. The van der Waals surface area contributed by atoms with Crippen molar-refractivity contribution in [2.75, 3.05) is 11.9 Å². The lowest BCUT2D eigenvalue weighted by molar-refractivity contribution is -0.154. The van der Waals surface area contributed by atoms with E-state index in [0.717, 1.165) is 23.8 Å². The minimum Gasteiger partial charge on any atom is -0.468 e. The van der Waals surface area contributed by atoms with Gasteiger partial charge in [0.1, 0.15) is 5.82 Å². The normalized spacial score (nSPS) is 13.8. The minimum atomic E-state index is -4.41. The minimum absolute atomic E-state index is 0.0982. The molecule has 3 aromatic rings. The van der Waals surface area contributed by atoms with E-state index in [1.807, 2.05) is 24.3 Å². The quantitative estimate of drug-likeness (QED) is 0.607. The van der Waals surface area contributed by atoms with Crippen LogP contribution in [0.5, 0.6) is 5.88 Å². The zero-order valence-electron chi connectivity index (χ0n) is 15.9. The third-order valence-electron chi connectivity index (χ3n) is 4.53. The van der Waals surface area contributed by atoms with Gasteiger partial charge in [-0.15, -0.1) is 0 Å². The van der Waals surface area contributed by atoms with Crippen molar-refractivity contribution in [3.8, 4) is 5.88 Å². The Morgan fingerprint density at radius 1 is 1.17 bits per heavy atom. The maximum atomic E-state index is 12.6. The highest BCUT2D eigenvalue weighted by Gasteiger charge is 2.28. The summed E-state index contributed by atoms with van der Waals surface area (Å²) in [6.45, 7) is -1.05. The predicted molar refractivity (Wildman–Crippen MR) is 105 cm³/mol. The number of anilines is 1. The predicted octanol–water partition coefficient (Wildman–Crippen LogP) is 4.08. The van der Waals surface area contributed by atoms with Gasteiger partial charge in [-0.2, -0.15) is 13.2 Å². The first-order valence-electron chi connectivity index (χ1n) is 9.46. The van der Waals surface area contributed by atoms with Crippen LogP contribution in [0.3, 0.4) is 0 Å². The van der Waals surface area contributed by atoms with E-state index in [1.54, 1.807) is 12.1 Å². The molecule has 1 fully saturated rings. The average molecular weight is 416 g/mol. The Hall–Kier alpha value is -3.36. The Morgan fingerprint density at radius 2 is 1.97 bits per heavy atom. The fourth-order valence-corrected chi connectivity index (χ4v) is 2.89. The molecule has 0 saturated heterocycles. The van der Waals surface area contributed by atoms with Gasteiger partial charge < -0.3 is 15.4 Å². The van der Waals surface area contributed by atoms with Gasteiger partial charge in [0.15, 0.2) is 6.61 Å². The standard InChI is InChI=1S/C21H19F3N4O2/c22-21(23,24)12-30-19-8-5-13(11-26-19)10-25-18-9-16(20(29)27-14-6-7-14)15-3-1-2-4-17(15)28-18/h1-5,8-9,11,14H,6-7,10,12H2,(H,25,28)(H,27,29). The summed E-state index contributed by atoms with van der Waals surface area (Å²) < 4.78 is 41.2. The van der Waals surface area contributed by atoms with Crippen LogP contribution in [0.15, 0.2) is 48.7 Å². The van der Waals surface area contributed by atoms with Crippen LogP contribution in [0.4, 0.5) is 19.0 Å². The lowest BCUT2D eigenvalue weighted by atomic mass is 10.1. The molecule has 1 aliphatic rings. The molecular weight excluding hydrogens is 397 g/mol. The summed E-state index contributed by atoms with van der Waals surface area (Å²) in [7, 11) is 0. The highest BCUT2D eigenvalue weighted by atomic mass is 19.4. The van der Waals surface area contributed by atoms with Crippen LogP contribution >= 0.6 is 0 Å². The fourth-order valence-electron chi connectivity index (χ4n) is 2.89. The molecule has 2 N–H and O–H groups in total. The van der Waals surface area contributed by atoms with Crippen molar-refractivity contribution in [1.82, 2.24) is 15.3 Å². The summed E-state index contributed by atoms with van der Waals surface area (Å²) in [6.07, 6.45) is -0.987. The number of nitrogens with zero attached hydrogens (tertiary/aromatic N) is 2. The van der Waals surface area contributed by atoms with Crippen LogP contribution in [-0.2, 0) is 6.54 Å². The maximum Gasteiger partial charge on any atom is 0.422 e. The third kappa shape index (κ3) is 5.16. The molecule has 0 radical (unpaired) electrons. The largest absolute Gasteiger partial charge is 0.468 e. The highest BCUT2D eigenvalue weighted by molar-refractivity contribution is 6.07. The Morgan fingerprint density at radius 3 is 2.67 bits per heavy atom. The number of rotatable bonds is 7. The number of amides is 1. The molecule has 1 saturated carbocycles. The molecule has 0 unspecified atom stereocenters. The first kappa shape index (κ1) is 19.9. The highest BCUT2D eigenvalue weighted by Crippen LogP contribution is 2.24. The van der Waals surface area contributed by atoms with Crippen LogP contribution in [0, 0.1) is 0 Å². The van der Waals surface area contributed by atoms with Gasteiger partial charge in [0.25, 0.3) is 5.91 Å². The van der Waals surface area contributed by atoms with Gasteiger partial charge >= 0.3 is 6.18 Å². The number of aromatic nitrogens is 2. The summed E-state index contributed by atoms with van der Waals surface area (Å²) in [5.74, 6) is 0.290. The van der Waals surface area contributed by atoms with E-state index in [9.17, 15) is 18.0 Å². The van der Waals surface area contributed by atoms with Crippen molar-refractivity contribution in [2.45, 2.75) is 31.6 Å². The molecule has 6 nitrogen and oxygen atoms in total. The number of hydrogen-bond donors (Lipinski definition) is 2. The molecule has 1 aliphatic carbocycles. The third-order valence-corrected chi connectivity index (χ3v) is 4.53. The van der Waals surface area contributed by atoms with Gasteiger partial charge in [-0.25, -0.2) is 9.97 Å². The number of pyridine rings is 2. The van der Waals surface area contributed by atoms with Gasteiger partial charge in [-0.3, -0.25) is 4.79 Å². The monoisotopic (exact) mass is 416 g/mol. The Balaban J connectivity index is 1.46. The van der Waals surface area contributed by atoms with E-state index < -0.39 is 12.8 Å². The van der Waals surface area contributed by atoms with E-state index in [1.165, 1.54) is 12.3 Å². The summed E-state index contributed by atoms with van der Waals surface area (Å²) >= 11 is 0. The summed E-state index contributed by atoms with van der Waals surface area (Å²) in [5, 5.41) is 6.91. The molecule has 1 aromatic carbocycles. The Labute approximate surface area is 170 Å². The second-order valence-corrected chi connectivity index (χ2v) is 7.08. The molecule has 0 atom stereocenters. The number of ether oxygens (including phenoxy) is 1. The van der Waals surface area contributed by atoms with Crippen molar-refractivity contribution in [2.24, 2.45) is 0 Å². The number of halogens is 3. The smallest absolute Gasteiger partial charge is 0.422 e. The first-order valence-corrected chi connectivity index (χ1v) is 9.46. The van der Waals surface area contributed by atoms with E-state index >= 15 is 0 Å². The van der Waals surface area contributed by atoms with Gasteiger partial charge in [-0.1, -0.05) is 24.3 Å². The molecule has 2 aromatic heterocycles. The van der Waals surface area contributed by atoms with E-state index in [4.69, 9.17) is 0 Å². The molecule has 1 amide bonds. The molecule has 0 spiro atoms. The van der Waals surface area contributed by atoms with Crippen molar-refractivity contribution in [3.63, 3.8) is 0 Å². The van der Waals surface area contributed by atoms with E-state index in [0.29, 0.717) is 23.4 Å². The van der Waals surface area contributed by atoms with Crippen LogP contribution in [0.25, 0.3) is 10.9 Å². The van der Waals surface area contributed by atoms with Crippen molar-refractivity contribution >= 4 is 22.6 Å². The van der Waals surface area contributed by atoms with E-state index in [2.05, 4.69) is 25.3 Å². The van der Waals surface area contributed by atoms with Crippen molar-refractivity contribution in [3.05, 3.63) is 59.8 Å². The van der Waals surface area contributed by atoms with Crippen LogP contribution in [0.1, 0.15) is 28.8 Å². The second-order valence-electron chi connectivity index (χ2n) is 7.08. The fraction of sp³-hybridized carbons (Fsp3) is 0.286. The number of hydrogen-bond acceptors (Lipinski definition) is 5. The molecule has 156 valence electrons. The zero-order valence-corrected chi connectivity index (χ0v) is 15.9. The van der Waals surface area contributed by atoms with Crippen LogP contribution < -0.4 is 15.4 Å². The van der Waals surface area contributed by atoms with Crippen LogP contribution in [-0.4, -0.2) is 34.7 Å². The second kappa shape index (κ2) is 8.17. The molecule has 4 rings (SSSR count). The topological polar surface area (TPSA) is 76.1 Å². The number of para-hydroxylation sites is 1. The number of alkyl halides is 3. The zero-order chi connectivity index (χ0) is 21.1. The number of fused-ring (bicyclic) bond motifs is 1. The first-order chi connectivity index (χ1) is 14.4. The van der Waals surface area contributed by atoms with Crippen molar-refractivity contribution in [1.29, 1.82) is 0 Å². The lowest BCUT2D eigenvalue weighted by Gasteiger charge is -2.12. The van der Waals surface area contributed by atoms with Gasteiger partial charge in [0.2, 0.25) is 5.88 Å². The Kier molecular flexibility index (Phi) is 5.43. The SMILES string of the molecule is O=C(NC1CC1)c1cc(NCc2ccc(OCC(F)(F)F)nc2)nc2ccccc12. The molecule has 30 heavy (non-hydrogen) atoms. The molecular formula is C21H19F3N4O2. The summed E-state index contributed by atoms with van der Waals surface area (Å²) in [5.41, 5.74) is 1.97. The summed E-state index contributed by atoms with van der Waals surface area (Å²) in [6, 6.07) is 12.3. The van der Waals surface area contributed by atoms with Crippen molar-refractivity contribution < 1.29 is 22.7 Å². The average Bonchev–Trinajstić information content (AvgIpc) is 3.54. The van der Waals surface area contributed by atoms with Gasteiger partial charge in [0, 0.05) is 30.2 Å². The van der Waals surface area contributed by atoms with Gasteiger partial charge in [0.05, 0.1) is 11.1 Å². The Bertz CT molecular complexity index is 1050. The molecule has 2 heterocycles. The number of carbonyl (C=O) groups is 1. The van der Waals surface area contributed by atoms with E-state index in [-0.39, 0.29) is 17.8 Å².